The Morgan fingerprint density at radius 3 is 2.27 bits per heavy atom. The van der Waals surface area contributed by atoms with Gasteiger partial charge in [0.2, 0.25) is 0 Å². The molecule has 2 aromatic rings. The number of ether oxygens (including phenoxy) is 2. The van der Waals surface area contributed by atoms with Crippen LogP contribution in [0.15, 0.2) is 53.5 Å². The van der Waals surface area contributed by atoms with Crippen molar-refractivity contribution in [3.8, 4) is 11.5 Å². The zero-order valence-corrected chi connectivity index (χ0v) is 15.7. The summed E-state index contributed by atoms with van der Waals surface area (Å²) < 4.78 is 11.0. The van der Waals surface area contributed by atoms with E-state index in [-0.39, 0.29) is 5.41 Å². The van der Waals surface area contributed by atoms with Crippen LogP contribution in [-0.4, -0.2) is 33.8 Å². The van der Waals surface area contributed by atoms with Crippen molar-refractivity contribution in [3.05, 3.63) is 59.7 Å². The molecule has 1 aliphatic carbocycles. The minimum atomic E-state index is 0.134. The minimum absolute atomic E-state index is 0.134. The molecule has 5 heteroatoms. The predicted molar refractivity (Wildman–Crippen MR) is 105 cm³/mol. The highest BCUT2D eigenvalue weighted by atomic mass is 16.5. The first-order valence-corrected chi connectivity index (χ1v) is 8.92. The summed E-state index contributed by atoms with van der Waals surface area (Å²) in [6.07, 6.45) is 2.31. The SMILES string of the molecule is CN=C(NCc1ccccc1OC)NCC1(c2ccccc2OC)CC1. The Morgan fingerprint density at radius 2 is 1.62 bits per heavy atom. The number of benzene rings is 2. The molecule has 138 valence electrons. The second kappa shape index (κ2) is 8.13. The van der Waals surface area contributed by atoms with Crippen molar-refractivity contribution < 1.29 is 9.47 Å². The molecule has 3 rings (SSSR count). The van der Waals surface area contributed by atoms with Crippen molar-refractivity contribution >= 4 is 5.96 Å². The van der Waals surface area contributed by atoms with Gasteiger partial charge in [-0.25, -0.2) is 0 Å². The van der Waals surface area contributed by atoms with E-state index in [1.165, 1.54) is 5.56 Å². The van der Waals surface area contributed by atoms with E-state index in [0.717, 1.165) is 42.4 Å². The number of hydrogen-bond donors (Lipinski definition) is 2. The van der Waals surface area contributed by atoms with Crippen LogP contribution < -0.4 is 20.1 Å². The maximum absolute atomic E-state index is 5.55. The molecule has 0 atom stereocenters. The van der Waals surface area contributed by atoms with E-state index < -0.39 is 0 Å². The van der Waals surface area contributed by atoms with Gasteiger partial charge in [-0.3, -0.25) is 4.99 Å². The molecular weight excluding hydrogens is 326 g/mol. The Hall–Kier alpha value is -2.69. The van der Waals surface area contributed by atoms with Gasteiger partial charge >= 0.3 is 0 Å². The summed E-state index contributed by atoms with van der Waals surface area (Å²) in [6, 6.07) is 16.3. The molecular formula is C21H27N3O2. The lowest BCUT2D eigenvalue weighted by Crippen LogP contribution is -2.41. The van der Waals surface area contributed by atoms with Crippen LogP contribution >= 0.6 is 0 Å². The zero-order valence-electron chi connectivity index (χ0n) is 15.7. The number of nitrogens with zero attached hydrogens (tertiary/aromatic N) is 1. The first kappa shape index (κ1) is 18.1. The molecule has 26 heavy (non-hydrogen) atoms. The summed E-state index contributed by atoms with van der Waals surface area (Å²) in [7, 11) is 5.21. The van der Waals surface area contributed by atoms with Gasteiger partial charge in [0.15, 0.2) is 5.96 Å². The van der Waals surface area contributed by atoms with Crippen molar-refractivity contribution in [2.75, 3.05) is 27.8 Å². The molecule has 0 unspecified atom stereocenters. The maximum Gasteiger partial charge on any atom is 0.191 e. The quantitative estimate of drug-likeness (QED) is 0.593. The summed E-state index contributed by atoms with van der Waals surface area (Å²) in [5.41, 5.74) is 2.51. The molecule has 5 nitrogen and oxygen atoms in total. The van der Waals surface area contributed by atoms with Crippen LogP contribution in [0.5, 0.6) is 11.5 Å². The van der Waals surface area contributed by atoms with Crippen LogP contribution in [0.2, 0.25) is 0 Å². The third-order valence-electron chi connectivity index (χ3n) is 4.99. The van der Waals surface area contributed by atoms with E-state index in [4.69, 9.17) is 9.47 Å². The van der Waals surface area contributed by atoms with Gasteiger partial charge in [0, 0.05) is 36.7 Å². The molecule has 0 aliphatic heterocycles. The number of nitrogens with one attached hydrogen (secondary N) is 2. The van der Waals surface area contributed by atoms with E-state index in [9.17, 15) is 0 Å². The Morgan fingerprint density at radius 1 is 0.962 bits per heavy atom. The molecule has 1 fully saturated rings. The van der Waals surface area contributed by atoms with Gasteiger partial charge in [0.25, 0.3) is 0 Å². The van der Waals surface area contributed by atoms with Crippen molar-refractivity contribution in [2.24, 2.45) is 4.99 Å². The fourth-order valence-electron chi connectivity index (χ4n) is 3.28. The standard InChI is InChI=1S/C21H27N3O2/c1-22-20(23-14-16-8-4-6-10-18(16)25-2)24-15-21(12-13-21)17-9-5-7-11-19(17)26-3/h4-11H,12-15H2,1-3H3,(H2,22,23,24). The highest BCUT2D eigenvalue weighted by Crippen LogP contribution is 2.50. The van der Waals surface area contributed by atoms with Gasteiger partial charge in [0.05, 0.1) is 14.2 Å². The highest BCUT2D eigenvalue weighted by molar-refractivity contribution is 5.80. The van der Waals surface area contributed by atoms with E-state index in [2.05, 4.69) is 33.8 Å². The first-order valence-electron chi connectivity index (χ1n) is 8.92. The fourth-order valence-corrected chi connectivity index (χ4v) is 3.28. The van der Waals surface area contributed by atoms with Gasteiger partial charge in [-0.15, -0.1) is 0 Å². The van der Waals surface area contributed by atoms with Crippen LogP contribution in [-0.2, 0) is 12.0 Å². The summed E-state index contributed by atoms with van der Waals surface area (Å²) in [4.78, 5) is 4.35. The molecule has 0 radical (unpaired) electrons. The largest absolute Gasteiger partial charge is 0.496 e. The zero-order chi connectivity index (χ0) is 18.4. The van der Waals surface area contributed by atoms with Gasteiger partial charge in [-0.1, -0.05) is 36.4 Å². The molecule has 2 N–H and O–H groups in total. The smallest absolute Gasteiger partial charge is 0.191 e. The molecule has 0 bridgehead atoms. The van der Waals surface area contributed by atoms with Crippen LogP contribution in [0, 0.1) is 0 Å². The molecule has 0 spiro atoms. The van der Waals surface area contributed by atoms with Gasteiger partial charge in [-0.2, -0.15) is 0 Å². The van der Waals surface area contributed by atoms with Crippen LogP contribution in [0.3, 0.4) is 0 Å². The molecule has 0 aromatic heterocycles. The minimum Gasteiger partial charge on any atom is -0.496 e. The second-order valence-corrected chi connectivity index (χ2v) is 6.57. The average molecular weight is 353 g/mol. The molecule has 2 aromatic carbocycles. The normalized spacial score (nSPS) is 15.3. The molecule has 0 heterocycles. The fraction of sp³-hybridized carbons (Fsp3) is 0.381. The molecule has 0 amide bonds. The number of methoxy groups -OCH3 is 2. The molecule has 0 saturated heterocycles. The second-order valence-electron chi connectivity index (χ2n) is 6.57. The van der Waals surface area contributed by atoms with Crippen molar-refractivity contribution in [1.29, 1.82) is 0 Å². The summed E-state index contributed by atoms with van der Waals surface area (Å²) in [5, 5.41) is 6.84. The van der Waals surface area contributed by atoms with Gasteiger partial charge in [0.1, 0.15) is 11.5 Å². The Balaban J connectivity index is 1.61. The number of guanidine groups is 1. The lowest BCUT2D eigenvalue weighted by atomic mass is 9.95. The first-order chi connectivity index (χ1) is 12.7. The summed E-state index contributed by atoms with van der Waals surface area (Å²) in [6.45, 7) is 1.49. The Labute approximate surface area is 155 Å². The lowest BCUT2D eigenvalue weighted by molar-refractivity contribution is 0.403. The lowest BCUT2D eigenvalue weighted by Gasteiger charge is -2.21. The van der Waals surface area contributed by atoms with Gasteiger partial charge in [-0.05, 0) is 25.0 Å². The topological polar surface area (TPSA) is 54.9 Å². The molecule has 1 saturated carbocycles. The van der Waals surface area contributed by atoms with Gasteiger partial charge < -0.3 is 20.1 Å². The third kappa shape index (κ3) is 3.93. The van der Waals surface area contributed by atoms with Crippen LogP contribution in [0.1, 0.15) is 24.0 Å². The van der Waals surface area contributed by atoms with Crippen molar-refractivity contribution in [2.45, 2.75) is 24.8 Å². The number of hydrogen-bond acceptors (Lipinski definition) is 3. The van der Waals surface area contributed by atoms with E-state index in [1.54, 1.807) is 21.3 Å². The van der Waals surface area contributed by atoms with E-state index in [1.807, 2.05) is 30.3 Å². The van der Waals surface area contributed by atoms with Crippen molar-refractivity contribution in [3.63, 3.8) is 0 Å². The van der Waals surface area contributed by atoms with Crippen LogP contribution in [0.25, 0.3) is 0 Å². The summed E-state index contributed by atoms with van der Waals surface area (Å²) in [5.74, 6) is 2.63. The maximum atomic E-state index is 5.55. The summed E-state index contributed by atoms with van der Waals surface area (Å²) >= 11 is 0. The number of para-hydroxylation sites is 2. The Kier molecular flexibility index (Phi) is 5.66. The average Bonchev–Trinajstić information content (AvgIpc) is 3.49. The van der Waals surface area contributed by atoms with E-state index >= 15 is 0 Å². The molecule has 1 aliphatic rings. The number of rotatable bonds is 7. The van der Waals surface area contributed by atoms with Crippen LogP contribution in [0.4, 0.5) is 0 Å². The van der Waals surface area contributed by atoms with Crippen molar-refractivity contribution in [1.82, 2.24) is 10.6 Å². The highest BCUT2D eigenvalue weighted by Gasteiger charge is 2.46. The number of aliphatic imine (C=N–C) groups is 1. The Bertz CT molecular complexity index is 769. The van der Waals surface area contributed by atoms with E-state index in [0.29, 0.717) is 6.54 Å². The third-order valence-corrected chi connectivity index (χ3v) is 4.99. The predicted octanol–water partition coefficient (Wildman–Crippen LogP) is 3.10. The monoisotopic (exact) mass is 353 g/mol.